The summed E-state index contributed by atoms with van der Waals surface area (Å²) in [6, 6.07) is 8.24. The first-order valence-corrected chi connectivity index (χ1v) is 20.0. The largest absolute Gasteiger partial charge is 0.361 e. The summed E-state index contributed by atoms with van der Waals surface area (Å²) in [6.07, 6.45) is 5.64. The SMILES string of the molecule is CCC(NC(=O)C(C)N1CCCCC(NC(=O)c2cncn2COCC[Si](C)(C)C)C1=O)C(=O)Cn1nnnc1Cc1ccccc1. The number of imidazole rings is 1. The van der Waals surface area contributed by atoms with Crippen molar-refractivity contribution in [2.75, 3.05) is 13.2 Å². The Morgan fingerprint density at radius 2 is 1.89 bits per heavy atom. The molecular weight excluding hydrogens is 618 g/mol. The van der Waals surface area contributed by atoms with Gasteiger partial charge in [0.15, 0.2) is 11.6 Å². The molecule has 1 aliphatic rings. The fraction of sp³-hybridized carbons (Fsp3) is 0.562. The van der Waals surface area contributed by atoms with Crippen LogP contribution >= 0.6 is 0 Å². The number of nitrogens with zero attached hydrogens (tertiary/aromatic N) is 7. The normalized spacial score (nSPS) is 16.7. The van der Waals surface area contributed by atoms with E-state index in [1.165, 1.54) is 22.1 Å². The molecule has 1 aromatic carbocycles. The van der Waals surface area contributed by atoms with Gasteiger partial charge in [0, 0.05) is 27.6 Å². The van der Waals surface area contributed by atoms with Crippen LogP contribution in [0, 0.1) is 0 Å². The van der Waals surface area contributed by atoms with Gasteiger partial charge in [0.25, 0.3) is 5.91 Å². The second kappa shape index (κ2) is 16.5. The lowest BCUT2D eigenvalue weighted by Crippen LogP contribution is -2.56. The van der Waals surface area contributed by atoms with Gasteiger partial charge in [-0.2, -0.15) is 0 Å². The lowest BCUT2D eigenvalue weighted by atomic mass is 10.1. The zero-order chi connectivity index (χ0) is 34.0. The van der Waals surface area contributed by atoms with Gasteiger partial charge in [-0.25, -0.2) is 9.67 Å². The number of tetrazole rings is 1. The van der Waals surface area contributed by atoms with Crippen LogP contribution in [0.2, 0.25) is 25.7 Å². The van der Waals surface area contributed by atoms with E-state index in [0.717, 1.165) is 11.6 Å². The van der Waals surface area contributed by atoms with Gasteiger partial charge in [-0.05, 0) is 54.6 Å². The van der Waals surface area contributed by atoms with E-state index in [4.69, 9.17) is 4.74 Å². The van der Waals surface area contributed by atoms with Gasteiger partial charge in [-0.1, -0.05) is 56.9 Å². The molecule has 15 heteroatoms. The van der Waals surface area contributed by atoms with Crippen LogP contribution in [0.15, 0.2) is 42.9 Å². The number of benzene rings is 1. The third-order valence-electron chi connectivity index (χ3n) is 8.28. The Hall–Kier alpha value is -4.24. The molecular formula is C32H47N9O5Si. The number of aromatic nitrogens is 6. The van der Waals surface area contributed by atoms with Gasteiger partial charge in [-0.3, -0.25) is 19.2 Å². The fourth-order valence-electron chi connectivity index (χ4n) is 5.32. The zero-order valence-corrected chi connectivity index (χ0v) is 29.0. The predicted octanol–water partition coefficient (Wildman–Crippen LogP) is 2.44. The van der Waals surface area contributed by atoms with Gasteiger partial charge in [0.05, 0.1) is 18.6 Å². The number of rotatable bonds is 16. The van der Waals surface area contributed by atoms with Crippen molar-refractivity contribution in [3.05, 3.63) is 59.9 Å². The van der Waals surface area contributed by atoms with Crippen LogP contribution in [0.5, 0.6) is 0 Å². The molecule has 3 unspecified atom stereocenters. The van der Waals surface area contributed by atoms with Crippen molar-refractivity contribution in [2.45, 2.75) is 103 Å². The molecule has 3 aromatic rings. The monoisotopic (exact) mass is 665 g/mol. The molecule has 0 spiro atoms. The quantitative estimate of drug-likeness (QED) is 0.173. The minimum absolute atomic E-state index is 0.0982. The van der Waals surface area contributed by atoms with E-state index >= 15 is 0 Å². The molecule has 14 nitrogen and oxygen atoms in total. The third-order valence-corrected chi connectivity index (χ3v) is 9.98. The Morgan fingerprint density at radius 1 is 1.13 bits per heavy atom. The minimum atomic E-state index is -1.25. The highest BCUT2D eigenvalue weighted by Crippen LogP contribution is 2.17. The zero-order valence-electron chi connectivity index (χ0n) is 28.0. The molecule has 1 saturated heterocycles. The molecule has 2 aromatic heterocycles. The van der Waals surface area contributed by atoms with E-state index in [1.54, 1.807) is 11.5 Å². The van der Waals surface area contributed by atoms with E-state index < -0.39 is 38.0 Å². The molecule has 0 radical (unpaired) electrons. The average molecular weight is 666 g/mol. The second-order valence-electron chi connectivity index (χ2n) is 13.2. The predicted molar refractivity (Wildman–Crippen MR) is 177 cm³/mol. The first kappa shape index (κ1) is 35.6. The maximum Gasteiger partial charge on any atom is 0.270 e. The van der Waals surface area contributed by atoms with Gasteiger partial charge >= 0.3 is 0 Å². The van der Waals surface area contributed by atoms with Crippen LogP contribution in [0.3, 0.4) is 0 Å². The van der Waals surface area contributed by atoms with E-state index in [1.807, 2.05) is 37.3 Å². The van der Waals surface area contributed by atoms with E-state index in [0.29, 0.717) is 56.8 Å². The molecule has 2 N–H and O–H groups in total. The number of ketones is 1. The average Bonchev–Trinajstić information content (AvgIpc) is 3.65. The molecule has 0 saturated carbocycles. The minimum Gasteiger partial charge on any atom is -0.361 e. The molecule has 4 rings (SSSR count). The van der Waals surface area contributed by atoms with Crippen molar-refractivity contribution in [1.82, 2.24) is 45.3 Å². The van der Waals surface area contributed by atoms with Crippen molar-refractivity contribution in [3.63, 3.8) is 0 Å². The van der Waals surface area contributed by atoms with E-state index in [2.05, 4.69) is 50.8 Å². The smallest absolute Gasteiger partial charge is 0.270 e. The van der Waals surface area contributed by atoms with E-state index in [-0.39, 0.29) is 25.0 Å². The fourth-order valence-corrected chi connectivity index (χ4v) is 6.08. The number of hydrogen-bond acceptors (Lipinski definition) is 9. The number of carbonyl (C=O) groups excluding carboxylic acids is 4. The highest BCUT2D eigenvalue weighted by molar-refractivity contribution is 6.76. The van der Waals surface area contributed by atoms with Gasteiger partial charge in [0.2, 0.25) is 11.8 Å². The topological polar surface area (TPSA) is 166 Å². The van der Waals surface area contributed by atoms with Crippen LogP contribution in [0.1, 0.15) is 61.4 Å². The summed E-state index contributed by atoms with van der Waals surface area (Å²) in [5.74, 6) is -0.919. The summed E-state index contributed by atoms with van der Waals surface area (Å²) in [7, 11) is -1.25. The Balaban J connectivity index is 1.34. The Morgan fingerprint density at radius 3 is 2.62 bits per heavy atom. The van der Waals surface area contributed by atoms with Gasteiger partial charge in [-0.15, -0.1) is 5.10 Å². The molecule has 0 aliphatic carbocycles. The molecule has 47 heavy (non-hydrogen) atoms. The van der Waals surface area contributed by atoms with Crippen LogP contribution < -0.4 is 10.6 Å². The number of hydrogen-bond donors (Lipinski definition) is 2. The third kappa shape index (κ3) is 10.1. The Bertz CT molecular complexity index is 1500. The summed E-state index contributed by atoms with van der Waals surface area (Å²) < 4.78 is 8.86. The van der Waals surface area contributed by atoms with Crippen molar-refractivity contribution < 1.29 is 23.9 Å². The number of likely N-dealkylation sites (tertiary alicyclic amines) is 1. The lowest BCUT2D eigenvalue weighted by molar-refractivity contribution is -0.141. The van der Waals surface area contributed by atoms with Crippen LogP contribution in [-0.2, 0) is 38.8 Å². The van der Waals surface area contributed by atoms with Crippen molar-refractivity contribution in [3.8, 4) is 0 Å². The molecule has 1 fully saturated rings. The van der Waals surface area contributed by atoms with Gasteiger partial charge < -0.3 is 24.8 Å². The molecule has 254 valence electrons. The van der Waals surface area contributed by atoms with Crippen LogP contribution in [0.4, 0.5) is 0 Å². The number of ether oxygens (including phenoxy) is 1. The van der Waals surface area contributed by atoms with Crippen LogP contribution in [0.25, 0.3) is 0 Å². The number of carbonyl (C=O) groups is 4. The Kier molecular flexibility index (Phi) is 12.5. The first-order valence-electron chi connectivity index (χ1n) is 16.3. The van der Waals surface area contributed by atoms with Gasteiger partial charge in [0.1, 0.15) is 31.1 Å². The van der Waals surface area contributed by atoms with Crippen molar-refractivity contribution in [1.29, 1.82) is 0 Å². The molecule has 3 amide bonds. The summed E-state index contributed by atoms with van der Waals surface area (Å²) >= 11 is 0. The molecule has 3 heterocycles. The summed E-state index contributed by atoms with van der Waals surface area (Å²) in [6.45, 7) is 11.3. The van der Waals surface area contributed by atoms with Crippen molar-refractivity contribution >= 4 is 31.6 Å². The number of nitrogens with one attached hydrogen (secondary N) is 2. The maximum atomic E-state index is 13.7. The van der Waals surface area contributed by atoms with Crippen LogP contribution in [-0.4, -0.2) is 97.5 Å². The van der Waals surface area contributed by atoms with Crippen molar-refractivity contribution in [2.24, 2.45) is 0 Å². The number of amides is 3. The standard InChI is InChI=1S/C32H47N9O5Si/c1-6-25(28(42)20-41-29(36-37-38-41)18-24-12-8-7-9-13-24)34-30(43)23(2)40-15-11-10-14-26(32(40)45)35-31(44)27-19-33-21-39(27)22-46-16-17-47(3,4)5/h7-9,12-13,19,21,23,25-26H,6,10-11,14-18,20,22H2,1-5H3,(H,34,43)(H,35,44). The second-order valence-corrected chi connectivity index (χ2v) is 18.8. The summed E-state index contributed by atoms with van der Waals surface area (Å²) in [4.78, 5) is 59.2. The molecule has 1 aliphatic heterocycles. The summed E-state index contributed by atoms with van der Waals surface area (Å²) in [5.41, 5.74) is 1.31. The molecule has 0 bridgehead atoms. The first-order chi connectivity index (χ1) is 22.5. The molecule has 3 atom stereocenters. The number of Topliss-reactive ketones (excluding diaryl/α,β-unsaturated/α-hetero) is 1. The lowest BCUT2D eigenvalue weighted by Gasteiger charge is -2.30. The highest BCUT2D eigenvalue weighted by Gasteiger charge is 2.35. The Labute approximate surface area is 276 Å². The maximum absolute atomic E-state index is 13.7. The van der Waals surface area contributed by atoms with E-state index in [9.17, 15) is 19.2 Å². The summed E-state index contributed by atoms with van der Waals surface area (Å²) in [5, 5.41) is 17.5. The highest BCUT2D eigenvalue weighted by atomic mass is 28.3.